The summed E-state index contributed by atoms with van der Waals surface area (Å²) in [6.07, 6.45) is 0. The number of hydrogen-bond acceptors (Lipinski definition) is 3. The summed E-state index contributed by atoms with van der Waals surface area (Å²) in [7, 11) is 1.47. The fourth-order valence-corrected chi connectivity index (χ4v) is 2.08. The molecule has 0 bridgehead atoms. The van der Waals surface area contributed by atoms with Gasteiger partial charge in [-0.1, -0.05) is 0 Å². The molecule has 1 N–H and O–H groups in total. The Hall–Kier alpha value is -1.62. The van der Waals surface area contributed by atoms with Crippen molar-refractivity contribution >= 4 is 5.91 Å². The van der Waals surface area contributed by atoms with E-state index in [2.05, 4.69) is 5.32 Å². The maximum Gasteiger partial charge on any atom is 0.256 e. The fraction of sp³-hybridized carbons (Fsp3) is 0.462. The number of nitrogens with zero attached hydrogens (tertiary/aromatic N) is 1. The van der Waals surface area contributed by atoms with Gasteiger partial charge in [-0.25, -0.2) is 4.39 Å². The average Bonchev–Trinajstić information content (AvgIpc) is 2.37. The van der Waals surface area contributed by atoms with E-state index in [1.165, 1.54) is 19.2 Å². The number of hydrogen-bond donors (Lipinski definition) is 1. The summed E-state index contributed by atoms with van der Waals surface area (Å²) < 4.78 is 18.7. The molecule has 1 aliphatic heterocycles. The Bertz CT molecular complexity index is 451. The van der Waals surface area contributed by atoms with Crippen LogP contribution in [0.4, 0.5) is 4.39 Å². The van der Waals surface area contributed by atoms with Gasteiger partial charge < -0.3 is 15.0 Å². The summed E-state index contributed by atoms with van der Waals surface area (Å²) in [6.45, 7) is 3.95. The van der Waals surface area contributed by atoms with E-state index in [-0.39, 0.29) is 17.5 Å². The number of methoxy groups -OCH3 is 1. The van der Waals surface area contributed by atoms with E-state index in [0.29, 0.717) is 18.8 Å². The zero-order valence-corrected chi connectivity index (χ0v) is 10.6. The van der Waals surface area contributed by atoms with E-state index in [4.69, 9.17) is 4.74 Å². The Balaban J connectivity index is 2.17. The van der Waals surface area contributed by atoms with Crippen LogP contribution < -0.4 is 10.1 Å². The second-order valence-electron chi connectivity index (χ2n) is 4.45. The number of piperazine rings is 1. The van der Waals surface area contributed by atoms with Crippen LogP contribution >= 0.6 is 0 Å². The fourth-order valence-electron chi connectivity index (χ4n) is 2.08. The minimum Gasteiger partial charge on any atom is -0.497 e. The highest BCUT2D eigenvalue weighted by Gasteiger charge is 2.23. The van der Waals surface area contributed by atoms with Gasteiger partial charge in [0.2, 0.25) is 0 Å². The first-order valence-electron chi connectivity index (χ1n) is 5.98. The van der Waals surface area contributed by atoms with Gasteiger partial charge in [-0.05, 0) is 19.1 Å². The number of amides is 1. The Labute approximate surface area is 106 Å². The quantitative estimate of drug-likeness (QED) is 0.861. The number of nitrogens with one attached hydrogen (secondary N) is 1. The summed E-state index contributed by atoms with van der Waals surface area (Å²) in [5, 5.41) is 3.24. The van der Waals surface area contributed by atoms with Crippen LogP contribution in [0.25, 0.3) is 0 Å². The van der Waals surface area contributed by atoms with E-state index < -0.39 is 5.82 Å². The molecular weight excluding hydrogens is 235 g/mol. The number of carbonyl (C=O) groups is 1. The SMILES string of the molecule is COc1ccc(C(=O)N2CCN[C@@H](C)C2)c(F)c1. The van der Waals surface area contributed by atoms with Crippen molar-refractivity contribution in [3.8, 4) is 5.75 Å². The van der Waals surface area contributed by atoms with Crippen molar-refractivity contribution < 1.29 is 13.9 Å². The minimum atomic E-state index is -0.537. The van der Waals surface area contributed by atoms with Crippen molar-refractivity contribution in [3.05, 3.63) is 29.6 Å². The molecule has 0 unspecified atom stereocenters. The predicted octanol–water partition coefficient (Wildman–Crippen LogP) is 1.27. The monoisotopic (exact) mass is 252 g/mol. The molecule has 1 amide bonds. The lowest BCUT2D eigenvalue weighted by Gasteiger charge is -2.32. The van der Waals surface area contributed by atoms with Crippen LogP contribution in [0.1, 0.15) is 17.3 Å². The average molecular weight is 252 g/mol. The number of carbonyl (C=O) groups excluding carboxylic acids is 1. The van der Waals surface area contributed by atoms with Gasteiger partial charge in [-0.15, -0.1) is 0 Å². The van der Waals surface area contributed by atoms with Gasteiger partial charge in [-0.2, -0.15) is 0 Å². The van der Waals surface area contributed by atoms with Crippen molar-refractivity contribution in [2.75, 3.05) is 26.7 Å². The highest BCUT2D eigenvalue weighted by atomic mass is 19.1. The van der Waals surface area contributed by atoms with Gasteiger partial charge in [0.1, 0.15) is 11.6 Å². The summed E-state index contributed by atoms with van der Waals surface area (Å²) >= 11 is 0. The molecule has 1 heterocycles. The first-order valence-corrected chi connectivity index (χ1v) is 5.98. The number of benzene rings is 1. The van der Waals surface area contributed by atoms with Crippen molar-refractivity contribution in [2.24, 2.45) is 0 Å². The van der Waals surface area contributed by atoms with Crippen molar-refractivity contribution in [1.82, 2.24) is 10.2 Å². The second-order valence-corrected chi connectivity index (χ2v) is 4.45. The molecule has 2 rings (SSSR count). The highest BCUT2D eigenvalue weighted by molar-refractivity contribution is 5.94. The molecular formula is C13H17FN2O2. The van der Waals surface area contributed by atoms with E-state index in [1.54, 1.807) is 11.0 Å². The lowest BCUT2D eigenvalue weighted by molar-refractivity contribution is 0.0704. The van der Waals surface area contributed by atoms with Crippen molar-refractivity contribution in [1.29, 1.82) is 0 Å². The summed E-state index contributed by atoms with van der Waals surface area (Å²) in [5.41, 5.74) is 0.102. The topological polar surface area (TPSA) is 41.6 Å². The molecule has 1 saturated heterocycles. The molecule has 1 fully saturated rings. The van der Waals surface area contributed by atoms with Crippen LogP contribution in [0.2, 0.25) is 0 Å². The van der Waals surface area contributed by atoms with Gasteiger partial charge in [-0.3, -0.25) is 4.79 Å². The lowest BCUT2D eigenvalue weighted by Crippen LogP contribution is -2.51. The molecule has 1 aliphatic rings. The zero-order valence-electron chi connectivity index (χ0n) is 10.6. The molecule has 98 valence electrons. The summed E-state index contributed by atoms with van der Waals surface area (Å²) in [5.74, 6) is -0.383. The van der Waals surface area contributed by atoms with Crippen LogP contribution in [0, 0.1) is 5.82 Å². The molecule has 18 heavy (non-hydrogen) atoms. The maximum absolute atomic E-state index is 13.8. The molecule has 0 aromatic heterocycles. The van der Waals surface area contributed by atoms with Crippen LogP contribution in [-0.4, -0.2) is 43.6 Å². The molecule has 1 aromatic carbocycles. The molecule has 0 aliphatic carbocycles. The second kappa shape index (κ2) is 5.35. The Morgan fingerprint density at radius 2 is 2.33 bits per heavy atom. The van der Waals surface area contributed by atoms with E-state index >= 15 is 0 Å². The van der Waals surface area contributed by atoms with Gasteiger partial charge in [0.25, 0.3) is 5.91 Å². The molecule has 0 saturated carbocycles. The lowest BCUT2D eigenvalue weighted by atomic mass is 10.1. The number of ether oxygens (including phenoxy) is 1. The molecule has 1 aromatic rings. The van der Waals surface area contributed by atoms with E-state index in [9.17, 15) is 9.18 Å². The van der Waals surface area contributed by atoms with E-state index in [1.807, 2.05) is 6.92 Å². The van der Waals surface area contributed by atoms with Crippen molar-refractivity contribution in [3.63, 3.8) is 0 Å². The largest absolute Gasteiger partial charge is 0.497 e. The highest BCUT2D eigenvalue weighted by Crippen LogP contribution is 2.18. The van der Waals surface area contributed by atoms with Gasteiger partial charge in [0.05, 0.1) is 12.7 Å². The van der Waals surface area contributed by atoms with Crippen LogP contribution in [0.15, 0.2) is 18.2 Å². The van der Waals surface area contributed by atoms with E-state index in [0.717, 1.165) is 6.54 Å². The number of rotatable bonds is 2. The molecule has 0 radical (unpaired) electrons. The molecule has 4 nitrogen and oxygen atoms in total. The van der Waals surface area contributed by atoms with Crippen molar-refractivity contribution in [2.45, 2.75) is 13.0 Å². The third-order valence-electron chi connectivity index (χ3n) is 3.06. The third kappa shape index (κ3) is 2.61. The first-order chi connectivity index (χ1) is 8.61. The Morgan fingerprint density at radius 1 is 1.56 bits per heavy atom. The van der Waals surface area contributed by atoms with Crippen LogP contribution in [-0.2, 0) is 0 Å². The smallest absolute Gasteiger partial charge is 0.256 e. The molecule has 1 atom stereocenters. The van der Waals surface area contributed by atoms with Gasteiger partial charge in [0, 0.05) is 31.7 Å². The van der Waals surface area contributed by atoms with Crippen LogP contribution in [0.3, 0.4) is 0 Å². The third-order valence-corrected chi connectivity index (χ3v) is 3.06. The Morgan fingerprint density at radius 3 is 2.94 bits per heavy atom. The van der Waals surface area contributed by atoms with Gasteiger partial charge >= 0.3 is 0 Å². The maximum atomic E-state index is 13.8. The van der Waals surface area contributed by atoms with Crippen LogP contribution in [0.5, 0.6) is 5.75 Å². The molecule has 5 heteroatoms. The summed E-state index contributed by atoms with van der Waals surface area (Å²) in [4.78, 5) is 13.9. The zero-order chi connectivity index (χ0) is 13.1. The van der Waals surface area contributed by atoms with Gasteiger partial charge in [0.15, 0.2) is 0 Å². The number of halogens is 1. The predicted molar refractivity (Wildman–Crippen MR) is 66.3 cm³/mol. The first kappa shape index (κ1) is 12.8. The Kier molecular flexibility index (Phi) is 3.81. The minimum absolute atomic E-state index is 0.102. The normalized spacial score (nSPS) is 19.7. The summed E-state index contributed by atoms with van der Waals surface area (Å²) in [6, 6.07) is 4.55. The molecule has 0 spiro atoms. The standard InChI is InChI=1S/C13H17FN2O2/c1-9-8-16(6-5-15-9)13(17)11-4-3-10(18-2)7-12(11)14/h3-4,7,9,15H,5-6,8H2,1-2H3/t9-/m0/s1.